The molecule has 0 heterocycles. The lowest BCUT2D eigenvalue weighted by Gasteiger charge is -2.23. The Labute approximate surface area is 178 Å². The molecular weight excluding hydrogens is 402 g/mol. The van der Waals surface area contributed by atoms with Gasteiger partial charge < -0.3 is 30.9 Å². The van der Waals surface area contributed by atoms with Crippen LogP contribution in [0.25, 0.3) is 0 Å². The minimum absolute atomic E-state index is 0. The van der Waals surface area contributed by atoms with Crippen LogP contribution in [0.5, 0.6) is 11.5 Å². The Balaban J connectivity index is 0.00000676. The topological polar surface area (TPSA) is 18.5 Å². The zero-order valence-corrected chi connectivity index (χ0v) is 19.7. The first-order valence-corrected chi connectivity index (χ1v) is 10.7. The molecule has 0 aliphatic carbocycles. The highest BCUT2D eigenvalue weighted by Crippen LogP contribution is 2.18. The molecule has 27 heavy (non-hydrogen) atoms. The number of nitrogens with zero attached hydrogens (tertiary/aromatic N) is 1. The molecule has 1 rings (SSSR count). The molecule has 0 atom stereocenters. The first-order chi connectivity index (χ1) is 12.5. The van der Waals surface area contributed by atoms with Crippen molar-refractivity contribution in [2.24, 2.45) is 0 Å². The van der Waals surface area contributed by atoms with E-state index in [-0.39, 0.29) is 17.0 Å². The molecule has 0 radical (unpaired) electrons. The normalized spacial score (nSPS) is 11.1. The van der Waals surface area contributed by atoms with E-state index in [1.807, 2.05) is 24.3 Å². The van der Waals surface area contributed by atoms with Gasteiger partial charge in [-0.1, -0.05) is 45.4 Å². The van der Waals surface area contributed by atoms with Gasteiger partial charge in [0.15, 0.2) is 0 Å². The summed E-state index contributed by atoms with van der Waals surface area (Å²) in [7, 11) is 6.83. The van der Waals surface area contributed by atoms with E-state index in [0.29, 0.717) is 0 Å². The smallest absolute Gasteiger partial charge is 0.119 e. The number of ether oxygens (including phenoxy) is 2. The molecule has 0 saturated carbocycles. The maximum atomic E-state index is 5.82. The lowest BCUT2D eigenvalue weighted by Crippen LogP contribution is -3.00. The van der Waals surface area contributed by atoms with E-state index in [1.54, 1.807) is 0 Å². The van der Waals surface area contributed by atoms with Crippen LogP contribution in [-0.4, -0.2) is 45.4 Å². The Morgan fingerprint density at radius 1 is 0.630 bits per heavy atom. The van der Waals surface area contributed by atoms with Crippen molar-refractivity contribution >= 4 is 0 Å². The number of hydrogen-bond acceptors (Lipinski definition) is 2. The number of halogens is 1. The Bertz CT molecular complexity index is 443. The molecule has 0 aliphatic heterocycles. The van der Waals surface area contributed by atoms with Crippen LogP contribution >= 0.6 is 0 Å². The highest BCUT2D eigenvalue weighted by molar-refractivity contribution is 5.31. The van der Waals surface area contributed by atoms with Crippen molar-refractivity contribution in [3.63, 3.8) is 0 Å². The molecule has 4 heteroatoms. The largest absolute Gasteiger partial charge is 1.00 e. The lowest BCUT2D eigenvalue weighted by molar-refractivity contribution is -0.870. The van der Waals surface area contributed by atoms with Gasteiger partial charge in [0.05, 0.1) is 40.9 Å². The zero-order valence-electron chi connectivity index (χ0n) is 18.1. The molecule has 1 aromatic carbocycles. The summed E-state index contributed by atoms with van der Waals surface area (Å²) in [5.74, 6) is 1.89. The van der Waals surface area contributed by atoms with Gasteiger partial charge in [-0.2, -0.15) is 0 Å². The highest BCUT2D eigenvalue weighted by atomic mass is 79.9. The van der Waals surface area contributed by atoms with Crippen LogP contribution in [0.2, 0.25) is 0 Å². The van der Waals surface area contributed by atoms with Gasteiger partial charge in [-0.3, -0.25) is 0 Å². The molecule has 0 saturated heterocycles. The van der Waals surface area contributed by atoms with E-state index >= 15 is 0 Å². The predicted octanol–water partition coefficient (Wildman–Crippen LogP) is 3.08. The van der Waals surface area contributed by atoms with E-state index in [0.717, 1.165) is 48.5 Å². The van der Waals surface area contributed by atoms with E-state index in [2.05, 4.69) is 28.1 Å². The molecule has 0 fully saturated rings. The van der Waals surface area contributed by atoms with Gasteiger partial charge in [-0.15, -0.1) is 0 Å². The third-order valence-corrected chi connectivity index (χ3v) is 4.58. The molecule has 0 aliphatic rings. The SMILES string of the molecule is CCCCOc1ccc(OCCCCCCCCCC[N+](C)(C)C)cc1.[Br-]. The standard InChI is InChI=1S/C23H42NO2.BrH/c1-5-6-20-25-22-15-17-23(18-16-22)26-21-14-12-10-8-7-9-11-13-19-24(2,3)4;/h15-18H,5-14,19-21H2,1-4H3;1H/q+1;/p-1. The number of hydrogen-bond donors (Lipinski definition) is 0. The molecule has 3 nitrogen and oxygen atoms in total. The monoisotopic (exact) mass is 443 g/mol. The molecule has 1 aromatic rings. The van der Waals surface area contributed by atoms with Crippen LogP contribution in [0.1, 0.15) is 71.1 Å². The van der Waals surface area contributed by atoms with Crippen molar-refractivity contribution in [2.75, 3.05) is 40.9 Å². The molecule has 0 aromatic heterocycles. The average molecular weight is 444 g/mol. The van der Waals surface area contributed by atoms with Crippen molar-refractivity contribution in [3.8, 4) is 11.5 Å². The second-order valence-electron chi connectivity index (χ2n) is 8.36. The van der Waals surface area contributed by atoms with Gasteiger partial charge in [-0.05, 0) is 49.9 Å². The van der Waals surface area contributed by atoms with Crippen LogP contribution in [0.15, 0.2) is 24.3 Å². The molecule has 0 bridgehead atoms. The fraction of sp³-hybridized carbons (Fsp3) is 0.739. The number of benzene rings is 1. The second-order valence-corrected chi connectivity index (χ2v) is 8.36. The highest BCUT2D eigenvalue weighted by Gasteiger charge is 2.05. The summed E-state index contributed by atoms with van der Waals surface area (Å²) >= 11 is 0. The summed E-state index contributed by atoms with van der Waals surface area (Å²) in [6.07, 6.45) is 12.9. The van der Waals surface area contributed by atoms with Gasteiger partial charge in [0.2, 0.25) is 0 Å². The average Bonchev–Trinajstić information content (AvgIpc) is 2.60. The number of rotatable bonds is 16. The van der Waals surface area contributed by atoms with Gasteiger partial charge >= 0.3 is 0 Å². The van der Waals surface area contributed by atoms with Crippen LogP contribution in [-0.2, 0) is 0 Å². The van der Waals surface area contributed by atoms with E-state index < -0.39 is 0 Å². The van der Waals surface area contributed by atoms with Crippen molar-refractivity contribution in [3.05, 3.63) is 24.3 Å². The quantitative estimate of drug-likeness (QED) is 0.288. The molecule has 0 spiro atoms. The van der Waals surface area contributed by atoms with Crippen LogP contribution in [0.3, 0.4) is 0 Å². The molecule has 0 N–H and O–H groups in total. The molecule has 158 valence electrons. The number of unbranched alkanes of at least 4 members (excludes halogenated alkanes) is 8. The first-order valence-electron chi connectivity index (χ1n) is 10.7. The van der Waals surface area contributed by atoms with Crippen LogP contribution in [0, 0.1) is 0 Å². The van der Waals surface area contributed by atoms with Crippen molar-refractivity contribution in [1.29, 1.82) is 0 Å². The van der Waals surface area contributed by atoms with Gasteiger partial charge in [0, 0.05) is 0 Å². The fourth-order valence-electron chi connectivity index (χ4n) is 2.91. The summed E-state index contributed by atoms with van der Waals surface area (Å²) in [4.78, 5) is 0. The van der Waals surface area contributed by atoms with Crippen LogP contribution in [0.4, 0.5) is 0 Å². The Kier molecular flexibility index (Phi) is 15.8. The third kappa shape index (κ3) is 16.0. The second kappa shape index (κ2) is 16.2. The molecule has 0 unspecified atom stereocenters. The van der Waals surface area contributed by atoms with Crippen LogP contribution < -0.4 is 26.5 Å². The molecule has 0 amide bonds. The number of quaternary nitrogens is 1. The summed E-state index contributed by atoms with van der Waals surface area (Å²) in [6.45, 7) is 5.09. The predicted molar refractivity (Wildman–Crippen MR) is 112 cm³/mol. The van der Waals surface area contributed by atoms with Gasteiger partial charge in [0.25, 0.3) is 0 Å². The maximum Gasteiger partial charge on any atom is 0.119 e. The maximum absolute atomic E-state index is 5.82. The van der Waals surface area contributed by atoms with E-state index in [1.165, 1.54) is 51.5 Å². The van der Waals surface area contributed by atoms with Crippen molar-refractivity contribution < 1.29 is 30.9 Å². The lowest BCUT2D eigenvalue weighted by atomic mass is 10.1. The summed E-state index contributed by atoms with van der Waals surface area (Å²) in [5, 5.41) is 0. The summed E-state index contributed by atoms with van der Waals surface area (Å²) in [5.41, 5.74) is 0. The minimum atomic E-state index is 0. The van der Waals surface area contributed by atoms with Crippen molar-refractivity contribution in [2.45, 2.75) is 71.1 Å². The Hall–Kier alpha value is -0.740. The van der Waals surface area contributed by atoms with E-state index in [4.69, 9.17) is 9.47 Å². The van der Waals surface area contributed by atoms with Crippen molar-refractivity contribution in [1.82, 2.24) is 0 Å². The first kappa shape index (κ1) is 26.3. The van der Waals surface area contributed by atoms with Gasteiger partial charge in [-0.25, -0.2) is 0 Å². The summed E-state index contributed by atoms with van der Waals surface area (Å²) in [6, 6.07) is 8.03. The van der Waals surface area contributed by atoms with E-state index in [9.17, 15) is 0 Å². The zero-order chi connectivity index (χ0) is 19.1. The fourth-order valence-corrected chi connectivity index (χ4v) is 2.91. The van der Waals surface area contributed by atoms with Gasteiger partial charge in [0.1, 0.15) is 11.5 Å². The summed E-state index contributed by atoms with van der Waals surface area (Å²) < 4.78 is 12.6. The minimum Gasteiger partial charge on any atom is -1.00 e. The Morgan fingerprint density at radius 3 is 1.48 bits per heavy atom. The molecular formula is C23H42BrNO2. The Morgan fingerprint density at radius 2 is 1.04 bits per heavy atom. The third-order valence-electron chi connectivity index (χ3n) is 4.58.